The van der Waals surface area contributed by atoms with E-state index in [9.17, 15) is 4.79 Å². The number of carbonyl (C=O) groups excluding carboxylic acids is 1. The van der Waals surface area contributed by atoms with Crippen LogP contribution in [0.25, 0.3) is 10.9 Å². The zero-order valence-corrected chi connectivity index (χ0v) is 14.9. The van der Waals surface area contributed by atoms with Gasteiger partial charge in [0.15, 0.2) is 0 Å². The number of nitrogens with one attached hydrogen (secondary N) is 2. The number of aryl methyl sites for hydroxylation is 2. The van der Waals surface area contributed by atoms with Gasteiger partial charge in [-0.05, 0) is 54.7 Å². The molecule has 2 aromatic carbocycles. The summed E-state index contributed by atoms with van der Waals surface area (Å²) in [5, 5.41) is 4.08. The van der Waals surface area contributed by atoms with E-state index in [4.69, 9.17) is 0 Å². The number of anilines is 1. The summed E-state index contributed by atoms with van der Waals surface area (Å²) < 4.78 is 0. The number of H-pyrrole nitrogens is 1. The van der Waals surface area contributed by atoms with Gasteiger partial charge in [-0.1, -0.05) is 44.5 Å². The van der Waals surface area contributed by atoms with Gasteiger partial charge in [0.2, 0.25) is 0 Å². The largest absolute Gasteiger partial charge is 0.350 e. The third-order valence-corrected chi connectivity index (χ3v) is 4.45. The summed E-state index contributed by atoms with van der Waals surface area (Å²) in [5.41, 5.74) is 5.95. The molecule has 3 aromatic rings. The number of hydrogen-bond donors (Lipinski definition) is 2. The number of aromatic nitrogens is 1. The molecule has 124 valence electrons. The molecule has 0 aliphatic heterocycles. The Hall–Kier alpha value is -2.55. The number of fused-ring (bicyclic) bond motifs is 1. The van der Waals surface area contributed by atoms with Crippen LogP contribution in [-0.2, 0) is 5.41 Å². The van der Waals surface area contributed by atoms with Crippen LogP contribution in [-0.4, -0.2) is 10.9 Å². The highest BCUT2D eigenvalue weighted by Gasteiger charge is 2.16. The number of amides is 1. The topological polar surface area (TPSA) is 44.9 Å². The average molecular weight is 320 g/mol. The molecule has 2 N–H and O–H groups in total. The molecule has 0 saturated carbocycles. The Balaban J connectivity index is 1.86. The van der Waals surface area contributed by atoms with Gasteiger partial charge in [0.05, 0.1) is 0 Å². The van der Waals surface area contributed by atoms with Gasteiger partial charge in [-0.3, -0.25) is 4.79 Å². The Morgan fingerprint density at radius 3 is 2.29 bits per heavy atom. The second-order valence-corrected chi connectivity index (χ2v) is 7.46. The first-order valence-corrected chi connectivity index (χ1v) is 8.26. The van der Waals surface area contributed by atoms with Crippen molar-refractivity contribution in [1.29, 1.82) is 0 Å². The van der Waals surface area contributed by atoms with Crippen molar-refractivity contribution in [2.24, 2.45) is 0 Å². The van der Waals surface area contributed by atoms with E-state index in [1.165, 1.54) is 11.1 Å². The van der Waals surface area contributed by atoms with Gasteiger partial charge >= 0.3 is 0 Å². The van der Waals surface area contributed by atoms with Gasteiger partial charge in [0.25, 0.3) is 5.91 Å². The maximum absolute atomic E-state index is 12.6. The van der Waals surface area contributed by atoms with E-state index in [-0.39, 0.29) is 11.3 Å². The van der Waals surface area contributed by atoms with Crippen molar-refractivity contribution >= 4 is 22.5 Å². The zero-order chi connectivity index (χ0) is 17.5. The summed E-state index contributed by atoms with van der Waals surface area (Å²) in [6.45, 7) is 10.6. The molecule has 1 heterocycles. The lowest BCUT2D eigenvalue weighted by Gasteiger charge is -2.19. The van der Waals surface area contributed by atoms with Gasteiger partial charge in [0, 0.05) is 16.6 Å². The molecular weight excluding hydrogens is 296 g/mol. The molecule has 0 saturated heterocycles. The van der Waals surface area contributed by atoms with Crippen molar-refractivity contribution in [3.63, 3.8) is 0 Å². The molecule has 0 aliphatic carbocycles. The molecule has 0 atom stereocenters. The fourth-order valence-electron chi connectivity index (χ4n) is 2.91. The molecule has 0 fully saturated rings. The Kier molecular flexibility index (Phi) is 3.96. The predicted molar refractivity (Wildman–Crippen MR) is 101 cm³/mol. The maximum atomic E-state index is 12.6. The summed E-state index contributed by atoms with van der Waals surface area (Å²) in [6, 6.07) is 14.2. The summed E-state index contributed by atoms with van der Waals surface area (Å²) in [7, 11) is 0. The third-order valence-electron chi connectivity index (χ3n) is 4.45. The molecule has 1 aromatic heterocycles. The highest BCUT2D eigenvalue weighted by Crippen LogP contribution is 2.25. The van der Waals surface area contributed by atoms with Gasteiger partial charge in [-0.25, -0.2) is 0 Å². The lowest BCUT2D eigenvalue weighted by molar-refractivity contribution is 0.102. The first-order chi connectivity index (χ1) is 11.3. The summed E-state index contributed by atoms with van der Waals surface area (Å²) in [5.74, 6) is -0.107. The Bertz CT molecular complexity index is 896. The molecule has 24 heavy (non-hydrogen) atoms. The summed E-state index contributed by atoms with van der Waals surface area (Å²) >= 11 is 0. The monoisotopic (exact) mass is 320 g/mol. The fourth-order valence-corrected chi connectivity index (χ4v) is 2.91. The number of hydrogen-bond acceptors (Lipinski definition) is 1. The standard InChI is InChI=1S/C21H24N2O/c1-13-6-11-18-17(12-13)14(2)19(23-18)20(24)22-16-9-7-15(8-10-16)21(3,4)5/h6-12,23H,1-5H3,(H,22,24). The van der Waals surface area contributed by atoms with Crippen LogP contribution in [0.4, 0.5) is 5.69 Å². The minimum absolute atomic E-state index is 0.105. The van der Waals surface area contributed by atoms with Gasteiger partial charge in [-0.15, -0.1) is 0 Å². The normalized spacial score (nSPS) is 11.7. The first kappa shape index (κ1) is 16.3. The molecule has 0 unspecified atom stereocenters. The van der Waals surface area contributed by atoms with Gasteiger partial charge in [-0.2, -0.15) is 0 Å². The minimum atomic E-state index is -0.107. The van der Waals surface area contributed by atoms with Crippen molar-refractivity contribution in [1.82, 2.24) is 4.98 Å². The number of rotatable bonds is 2. The highest BCUT2D eigenvalue weighted by atomic mass is 16.1. The van der Waals surface area contributed by atoms with E-state index in [1.807, 2.05) is 31.2 Å². The molecule has 3 nitrogen and oxygen atoms in total. The van der Waals surface area contributed by atoms with E-state index < -0.39 is 0 Å². The quantitative estimate of drug-likeness (QED) is 0.658. The van der Waals surface area contributed by atoms with Crippen molar-refractivity contribution in [3.8, 4) is 0 Å². The lowest BCUT2D eigenvalue weighted by atomic mass is 9.87. The molecule has 3 rings (SSSR count). The van der Waals surface area contributed by atoms with Gasteiger partial charge < -0.3 is 10.3 Å². The molecule has 0 radical (unpaired) electrons. The predicted octanol–water partition coefficient (Wildman–Crippen LogP) is 5.33. The van der Waals surface area contributed by atoms with Crippen molar-refractivity contribution in [2.45, 2.75) is 40.0 Å². The number of carbonyl (C=O) groups is 1. The lowest BCUT2D eigenvalue weighted by Crippen LogP contribution is -2.14. The van der Waals surface area contributed by atoms with E-state index in [0.29, 0.717) is 5.69 Å². The van der Waals surface area contributed by atoms with Crippen molar-refractivity contribution in [2.75, 3.05) is 5.32 Å². The second kappa shape index (κ2) is 5.82. The number of benzene rings is 2. The van der Waals surface area contributed by atoms with Crippen LogP contribution in [0.3, 0.4) is 0 Å². The van der Waals surface area contributed by atoms with Crippen LogP contribution >= 0.6 is 0 Å². The van der Waals surface area contributed by atoms with Crippen LogP contribution in [0.2, 0.25) is 0 Å². The second-order valence-electron chi connectivity index (χ2n) is 7.46. The Morgan fingerprint density at radius 2 is 1.67 bits per heavy atom. The number of aromatic amines is 1. The average Bonchev–Trinajstić information content (AvgIpc) is 2.84. The third kappa shape index (κ3) is 3.07. The molecule has 0 spiro atoms. The zero-order valence-electron chi connectivity index (χ0n) is 14.9. The SMILES string of the molecule is Cc1ccc2[nH]c(C(=O)Nc3ccc(C(C)(C)C)cc3)c(C)c2c1. The van der Waals surface area contributed by atoms with Crippen LogP contribution in [0.15, 0.2) is 42.5 Å². The van der Waals surface area contributed by atoms with Crippen molar-refractivity contribution < 1.29 is 4.79 Å². The van der Waals surface area contributed by atoms with Crippen LogP contribution in [0, 0.1) is 13.8 Å². The van der Waals surface area contributed by atoms with Crippen LogP contribution in [0.1, 0.15) is 48.0 Å². The smallest absolute Gasteiger partial charge is 0.272 e. The Morgan fingerprint density at radius 1 is 1.00 bits per heavy atom. The fraction of sp³-hybridized carbons (Fsp3) is 0.286. The van der Waals surface area contributed by atoms with Crippen LogP contribution in [0.5, 0.6) is 0 Å². The summed E-state index contributed by atoms with van der Waals surface area (Å²) in [4.78, 5) is 15.9. The first-order valence-electron chi connectivity index (χ1n) is 8.26. The van der Waals surface area contributed by atoms with Crippen LogP contribution < -0.4 is 5.32 Å². The molecule has 0 bridgehead atoms. The minimum Gasteiger partial charge on any atom is -0.350 e. The van der Waals surface area contributed by atoms with E-state index in [0.717, 1.165) is 22.2 Å². The maximum Gasteiger partial charge on any atom is 0.272 e. The van der Waals surface area contributed by atoms with E-state index >= 15 is 0 Å². The summed E-state index contributed by atoms with van der Waals surface area (Å²) in [6.07, 6.45) is 0. The molecule has 0 aliphatic rings. The van der Waals surface area contributed by atoms with E-state index in [1.54, 1.807) is 0 Å². The van der Waals surface area contributed by atoms with Gasteiger partial charge in [0.1, 0.15) is 5.69 Å². The Labute approximate surface area is 143 Å². The van der Waals surface area contributed by atoms with E-state index in [2.05, 4.69) is 56.2 Å². The molecule has 3 heteroatoms. The molecular formula is C21H24N2O. The highest BCUT2D eigenvalue weighted by molar-refractivity contribution is 6.07. The molecule has 1 amide bonds. The van der Waals surface area contributed by atoms with Crippen molar-refractivity contribution in [3.05, 3.63) is 64.8 Å².